The summed E-state index contributed by atoms with van der Waals surface area (Å²) in [5.41, 5.74) is 9.62. The highest BCUT2D eigenvalue weighted by atomic mass is 16.2. The van der Waals surface area contributed by atoms with Gasteiger partial charge in [-0.05, 0) is 23.1 Å². The van der Waals surface area contributed by atoms with E-state index in [9.17, 15) is 9.59 Å². The molecular formula is C16H19N3O2. The molecular weight excluding hydrogens is 266 g/mol. The lowest BCUT2D eigenvalue weighted by Crippen LogP contribution is -2.46. The van der Waals surface area contributed by atoms with Gasteiger partial charge in [0, 0.05) is 33.7 Å². The van der Waals surface area contributed by atoms with Crippen LogP contribution >= 0.6 is 0 Å². The highest BCUT2D eigenvalue weighted by Gasteiger charge is 2.29. The summed E-state index contributed by atoms with van der Waals surface area (Å²) in [6.07, 6.45) is 0.881. The lowest BCUT2D eigenvalue weighted by molar-refractivity contribution is 0.722. The Kier molecular flexibility index (Phi) is 3.29. The molecule has 1 aliphatic rings. The molecule has 0 spiro atoms. The maximum atomic E-state index is 11.9. The predicted octanol–water partition coefficient (Wildman–Crippen LogP) is 0.370. The van der Waals surface area contributed by atoms with E-state index in [4.69, 9.17) is 5.73 Å². The average molecular weight is 285 g/mol. The van der Waals surface area contributed by atoms with Gasteiger partial charge in [0.2, 0.25) is 0 Å². The summed E-state index contributed by atoms with van der Waals surface area (Å²) < 4.78 is 0. The van der Waals surface area contributed by atoms with Crippen molar-refractivity contribution >= 4 is 11.4 Å². The Morgan fingerprint density at radius 3 is 2.62 bits per heavy atom. The van der Waals surface area contributed by atoms with Gasteiger partial charge in [0.1, 0.15) is 11.4 Å². The largest absolute Gasteiger partial charge is 0.373 e. The SMILES string of the molecule is CN(C)c1c(N2CCc3ccc(CN)cc3C2)c(=O)c1=O. The van der Waals surface area contributed by atoms with Gasteiger partial charge in [-0.25, -0.2) is 0 Å². The van der Waals surface area contributed by atoms with Crippen LogP contribution in [0.1, 0.15) is 16.7 Å². The first-order valence-electron chi connectivity index (χ1n) is 7.09. The molecule has 0 aliphatic carbocycles. The van der Waals surface area contributed by atoms with Crippen LogP contribution in [-0.2, 0) is 19.5 Å². The minimum absolute atomic E-state index is 0.364. The van der Waals surface area contributed by atoms with Gasteiger partial charge >= 0.3 is 0 Å². The molecule has 0 aromatic heterocycles. The second-order valence-corrected chi connectivity index (χ2v) is 5.73. The molecule has 1 heterocycles. The van der Waals surface area contributed by atoms with Crippen LogP contribution in [0.25, 0.3) is 0 Å². The number of hydrogen-bond acceptors (Lipinski definition) is 5. The van der Waals surface area contributed by atoms with Gasteiger partial charge in [0.15, 0.2) is 0 Å². The molecule has 0 amide bonds. The van der Waals surface area contributed by atoms with Crippen molar-refractivity contribution in [2.24, 2.45) is 5.73 Å². The van der Waals surface area contributed by atoms with Crippen LogP contribution in [0.15, 0.2) is 27.8 Å². The number of hydrogen-bond donors (Lipinski definition) is 1. The van der Waals surface area contributed by atoms with Gasteiger partial charge in [-0.15, -0.1) is 0 Å². The van der Waals surface area contributed by atoms with E-state index in [-0.39, 0.29) is 10.9 Å². The fourth-order valence-corrected chi connectivity index (χ4v) is 3.00. The highest BCUT2D eigenvalue weighted by Crippen LogP contribution is 2.28. The standard InChI is InChI=1S/C16H19N3O2/c1-18(2)13-14(16(21)15(13)20)19-6-5-11-4-3-10(8-17)7-12(11)9-19/h3-4,7H,5-6,8-9,17H2,1-2H3. The quantitative estimate of drug-likeness (QED) is 0.825. The minimum Gasteiger partial charge on any atom is -0.373 e. The van der Waals surface area contributed by atoms with Crippen molar-refractivity contribution in [3.8, 4) is 0 Å². The molecule has 2 aromatic carbocycles. The third-order valence-electron chi connectivity index (χ3n) is 4.14. The van der Waals surface area contributed by atoms with Crippen molar-refractivity contribution in [3.05, 3.63) is 55.3 Å². The molecule has 1 aliphatic heterocycles. The number of nitrogens with two attached hydrogens (primary N) is 1. The number of anilines is 2. The summed E-state index contributed by atoms with van der Waals surface area (Å²) in [5, 5.41) is 0. The zero-order valence-corrected chi connectivity index (χ0v) is 12.3. The molecule has 0 bridgehead atoms. The van der Waals surface area contributed by atoms with Gasteiger partial charge in [0.05, 0.1) is 0 Å². The third-order valence-corrected chi connectivity index (χ3v) is 4.14. The van der Waals surface area contributed by atoms with Crippen molar-refractivity contribution in [1.82, 2.24) is 0 Å². The normalized spacial score (nSPS) is 14.3. The second kappa shape index (κ2) is 5.00. The minimum atomic E-state index is -0.378. The maximum absolute atomic E-state index is 11.9. The zero-order chi connectivity index (χ0) is 15.1. The first kappa shape index (κ1) is 13.8. The number of fused-ring (bicyclic) bond motifs is 1. The summed E-state index contributed by atoms with van der Waals surface area (Å²) >= 11 is 0. The van der Waals surface area contributed by atoms with E-state index in [1.807, 2.05) is 4.90 Å². The molecule has 21 heavy (non-hydrogen) atoms. The summed E-state index contributed by atoms with van der Waals surface area (Å²) in [7, 11) is 3.59. The summed E-state index contributed by atoms with van der Waals surface area (Å²) in [6.45, 7) is 1.94. The second-order valence-electron chi connectivity index (χ2n) is 5.73. The van der Waals surface area contributed by atoms with Crippen LogP contribution in [-0.4, -0.2) is 20.6 Å². The number of nitrogens with zero attached hydrogens (tertiary/aromatic N) is 2. The fourth-order valence-electron chi connectivity index (χ4n) is 3.00. The van der Waals surface area contributed by atoms with Crippen molar-refractivity contribution in [1.29, 1.82) is 0 Å². The lowest BCUT2D eigenvalue weighted by atomic mass is 9.96. The first-order chi connectivity index (χ1) is 10.0. The smallest absolute Gasteiger partial charge is 0.253 e. The van der Waals surface area contributed by atoms with Crippen molar-refractivity contribution in [2.45, 2.75) is 19.5 Å². The predicted molar refractivity (Wildman–Crippen MR) is 84.8 cm³/mol. The third kappa shape index (κ3) is 2.14. The Hall–Kier alpha value is -2.14. The summed E-state index contributed by atoms with van der Waals surface area (Å²) in [5.74, 6) is 0. The number of rotatable bonds is 3. The van der Waals surface area contributed by atoms with E-state index >= 15 is 0 Å². The molecule has 110 valence electrons. The van der Waals surface area contributed by atoms with Crippen molar-refractivity contribution in [2.75, 3.05) is 30.4 Å². The Balaban J connectivity index is 1.95. The Bertz CT molecular complexity index is 757. The van der Waals surface area contributed by atoms with Gasteiger partial charge in [-0.2, -0.15) is 0 Å². The van der Waals surface area contributed by atoms with Crippen LogP contribution in [0.2, 0.25) is 0 Å². The fraction of sp³-hybridized carbons (Fsp3) is 0.375. The van der Waals surface area contributed by atoms with Crippen LogP contribution in [0.3, 0.4) is 0 Å². The summed E-state index contributed by atoms with van der Waals surface area (Å²) in [6, 6.07) is 6.27. The molecule has 3 rings (SSSR count). The Labute approximate surface area is 123 Å². The maximum Gasteiger partial charge on any atom is 0.253 e. The van der Waals surface area contributed by atoms with Crippen LogP contribution in [0.4, 0.5) is 11.4 Å². The van der Waals surface area contributed by atoms with Crippen molar-refractivity contribution < 1.29 is 0 Å². The molecule has 0 radical (unpaired) electrons. The van der Waals surface area contributed by atoms with E-state index in [0.717, 1.165) is 18.5 Å². The molecule has 2 N–H and O–H groups in total. The zero-order valence-electron chi connectivity index (χ0n) is 12.3. The Morgan fingerprint density at radius 2 is 1.95 bits per heavy atom. The van der Waals surface area contributed by atoms with Crippen LogP contribution < -0.4 is 26.4 Å². The molecule has 5 heteroatoms. The van der Waals surface area contributed by atoms with E-state index < -0.39 is 0 Å². The van der Waals surface area contributed by atoms with Crippen molar-refractivity contribution in [3.63, 3.8) is 0 Å². The molecule has 2 aromatic rings. The molecule has 0 unspecified atom stereocenters. The van der Waals surface area contributed by atoms with Crippen LogP contribution in [0.5, 0.6) is 0 Å². The molecule has 0 saturated carbocycles. The Morgan fingerprint density at radius 1 is 1.19 bits per heavy atom. The van der Waals surface area contributed by atoms with Gasteiger partial charge in [-0.1, -0.05) is 18.2 Å². The number of benzene rings is 1. The van der Waals surface area contributed by atoms with E-state index in [0.29, 0.717) is 24.5 Å². The topological polar surface area (TPSA) is 66.6 Å². The van der Waals surface area contributed by atoms with Crippen LogP contribution in [0, 0.1) is 0 Å². The lowest BCUT2D eigenvalue weighted by Gasteiger charge is -2.33. The van der Waals surface area contributed by atoms with E-state index in [1.54, 1.807) is 19.0 Å². The van der Waals surface area contributed by atoms with E-state index in [2.05, 4.69) is 18.2 Å². The average Bonchev–Trinajstić information content (AvgIpc) is 2.49. The molecule has 0 saturated heterocycles. The summed E-state index contributed by atoms with van der Waals surface area (Å²) in [4.78, 5) is 27.4. The first-order valence-corrected chi connectivity index (χ1v) is 7.09. The van der Waals surface area contributed by atoms with E-state index in [1.165, 1.54) is 11.1 Å². The highest BCUT2D eigenvalue weighted by molar-refractivity contribution is 5.76. The molecule has 0 fully saturated rings. The molecule has 0 atom stereocenters. The molecule has 5 nitrogen and oxygen atoms in total. The van der Waals surface area contributed by atoms with Gasteiger partial charge in [0.25, 0.3) is 10.9 Å². The monoisotopic (exact) mass is 285 g/mol. The van der Waals surface area contributed by atoms with Gasteiger partial charge < -0.3 is 15.5 Å². The van der Waals surface area contributed by atoms with Gasteiger partial charge in [-0.3, -0.25) is 9.59 Å².